The third-order valence-electron chi connectivity index (χ3n) is 3.29. The summed E-state index contributed by atoms with van der Waals surface area (Å²) in [7, 11) is -3.89. The molecule has 2 aromatic heterocycles. The number of H-pyrrole nitrogens is 1. The molecule has 6 nitrogen and oxygen atoms in total. The molecule has 3 rings (SSSR count). The van der Waals surface area contributed by atoms with Gasteiger partial charge in [-0.15, -0.1) is 0 Å². The van der Waals surface area contributed by atoms with Crippen LogP contribution < -0.4 is 10.3 Å². The number of hydrogen-bond donors (Lipinski definition) is 2. The summed E-state index contributed by atoms with van der Waals surface area (Å²) < 4.78 is 27.8. The van der Waals surface area contributed by atoms with Crippen LogP contribution in [0.25, 0.3) is 11.1 Å². The molecule has 0 spiro atoms. The molecule has 0 amide bonds. The maximum absolute atomic E-state index is 12.5. The van der Waals surface area contributed by atoms with E-state index in [-0.39, 0.29) is 10.6 Å². The molecule has 122 valence electrons. The van der Waals surface area contributed by atoms with E-state index in [0.717, 1.165) is 5.56 Å². The fraction of sp³-hybridized carbons (Fsp3) is 0. The van der Waals surface area contributed by atoms with Gasteiger partial charge in [0.25, 0.3) is 15.6 Å². The Morgan fingerprint density at radius 1 is 1.04 bits per heavy atom. The van der Waals surface area contributed by atoms with Crippen molar-refractivity contribution < 1.29 is 8.42 Å². The average molecular weight is 406 g/mol. The summed E-state index contributed by atoms with van der Waals surface area (Å²) in [6, 6.07) is 11.4. The van der Waals surface area contributed by atoms with Gasteiger partial charge in [0, 0.05) is 28.6 Å². The molecule has 8 heteroatoms. The second-order valence-electron chi connectivity index (χ2n) is 4.90. The minimum absolute atomic E-state index is 0.0544. The number of pyridine rings is 2. The van der Waals surface area contributed by atoms with Gasteiger partial charge < -0.3 is 4.98 Å². The first kappa shape index (κ1) is 16.4. The number of halogens is 1. The molecule has 2 heterocycles. The molecule has 0 aliphatic rings. The minimum atomic E-state index is -3.89. The van der Waals surface area contributed by atoms with Crippen molar-refractivity contribution >= 4 is 31.6 Å². The molecule has 0 radical (unpaired) electrons. The molecule has 2 N–H and O–H groups in total. The van der Waals surface area contributed by atoms with Crippen LogP contribution in [0.15, 0.2) is 75.2 Å². The van der Waals surface area contributed by atoms with Crippen molar-refractivity contribution in [1.82, 2.24) is 9.97 Å². The maximum atomic E-state index is 12.5. The van der Waals surface area contributed by atoms with Crippen molar-refractivity contribution in [3.63, 3.8) is 0 Å². The number of anilines is 1. The van der Waals surface area contributed by atoms with Crippen LogP contribution in [0, 0.1) is 0 Å². The van der Waals surface area contributed by atoms with Crippen LogP contribution in [0.4, 0.5) is 5.69 Å². The lowest BCUT2D eigenvalue weighted by atomic mass is 10.1. The van der Waals surface area contributed by atoms with Crippen LogP contribution in [0.1, 0.15) is 0 Å². The second-order valence-corrected chi connectivity index (χ2v) is 7.41. The Balaban J connectivity index is 2.02. The van der Waals surface area contributed by atoms with Crippen LogP contribution in [0.3, 0.4) is 0 Å². The lowest BCUT2D eigenvalue weighted by molar-refractivity contribution is 0.600. The average Bonchev–Trinajstić information content (AvgIpc) is 2.58. The van der Waals surface area contributed by atoms with Gasteiger partial charge >= 0.3 is 0 Å². The maximum Gasteiger partial charge on any atom is 0.272 e. The third-order valence-corrected chi connectivity index (χ3v) is 5.66. The first-order chi connectivity index (χ1) is 11.5. The molecule has 3 aromatic rings. The van der Waals surface area contributed by atoms with Crippen molar-refractivity contribution in [2.75, 3.05) is 4.72 Å². The molecule has 0 atom stereocenters. The number of nitrogens with zero attached hydrogens (tertiary/aromatic N) is 1. The Morgan fingerprint density at radius 3 is 2.46 bits per heavy atom. The molecule has 0 aliphatic heterocycles. The zero-order chi connectivity index (χ0) is 17.2. The van der Waals surface area contributed by atoms with Crippen molar-refractivity contribution in [3.05, 3.63) is 75.9 Å². The summed E-state index contributed by atoms with van der Waals surface area (Å²) in [4.78, 5) is 18.5. The molecule has 0 saturated carbocycles. The number of sulfonamides is 1. The fourth-order valence-corrected chi connectivity index (χ4v) is 4.19. The van der Waals surface area contributed by atoms with E-state index in [2.05, 4.69) is 30.6 Å². The highest BCUT2D eigenvalue weighted by Gasteiger charge is 2.19. The molecule has 0 bridgehead atoms. The number of aromatic nitrogens is 2. The van der Waals surface area contributed by atoms with Crippen molar-refractivity contribution in [2.45, 2.75) is 4.90 Å². The molecule has 0 saturated heterocycles. The van der Waals surface area contributed by atoms with Gasteiger partial charge in [-0.25, -0.2) is 8.42 Å². The van der Waals surface area contributed by atoms with E-state index in [1.807, 2.05) is 0 Å². The molecule has 0 aliphatic carbocycles. The van der Waals surface area contributed by atoms with Gasteiger partial charge in [-0.2, -0.15) is 0 Å². The van der Waals surface area contributed by atoms with Crippen LogP contribution in [0.5, 0.6) is 0 Å². The fourth-order valence-electron chi connectivity index (χ4n) is 2.13. The lowest BCUT2D eigenvalue weighted by Gasteiger charge is -2.10. The predicted octanol–water partition coefficient (Wildman–Crippen LogP) is 3.00. The van der Waals surface area contributed by atoms with Gasteiger partial charge in [0.05, 0.1) is 0 Å². The van der Waals surface area contributed by atoms with E-state index >= 15 is 0 Å². The topological polar surface area (TPSA) is 91.9 Å². The van der Waals surface area contributed by atoms with Gasteiger partial charge in [-0.1, -0.05) is 12.1 Å². The highest BCUT2D eigenvalue weighted by molar-refractivity contribution is 9.10. The number of rotatable bonds is 4. The molecular formula is C16H12BrN3O3S. The predicted molar refractivity (Wildman–Crippen MR) is 95.2 cm³/mol. The first-order valence-electron chi connectivity index (χ1n) is 6.88. The molecule has 1 aromatic carbocycles. The smallest absolute Gasteiger partial charge is 0.272 e. The quantitative estimate of drug-likeness (QED) is 0.697. The zero-order valence-electron chi connectivity index (χ0n) is 12.2. The molecule has 0 fully saturated rings. The van der Waals surface area contributed by atoms with Crippen LogP contribution >= 0.6 is 15.9 Å². The van der Waals surface area contributed by atoms with Gasteiger partial charge in [0.2, 0.25) is 0 Å². The highest BCUT2D eigenvalue weighted by Crippen LogP contribution is 2.24. The van der Waals surface area contributed by atoms with E-state index in [1.54, 1.807) is 42.7 Å². The van der Waals surface area contributed by atoms with Crippen molar-refractivity contribution in [1.29, 1.82) is 0 Å². The van der Waals surface area contributed by atoms with E-state index in [1.165, 1.54) is 18.3 Å². The van der Waals surface area contributed by atoms with Gasteiger partial charge in [-0.3, -0.25) is 14.5 Å². The van der Waals surface area contributed by atoms with Gasteiger partial charge in [0.1, 0.15) is 10.6 Å². The summed E-state index contributed by atoms with van der Waals surface area (Å²) in [5.74, 6) is 0. The third kappa shape index (κ3) is 3.39. The summed E-state index contributed by atoms with van der Waals surface area (Å²) in [5, 5.41) is 0. The Morgan fingerprint density at radius 2 is 1.75 bits per heavy atom. The monoisotopic (exact) mass is 405 g/mol. The summed E-state index contributed by atoms with van der Waals surface area (Å²) in [5.41, 5.74) is 0.896. The standard InChI is InChI=1S/C16H12BrN3O3S/c17-13-3-1-2-4-15(13)24(22,23)20-14-9-12(10-19-16(14)21)11-5-7-18-8-6-11/h1-10,20H,(H,19,21). The van der Waals surface area contributed by atoms with Gasteiger partial charge in [-0.05, 0) is 51.8 Å². The van der Waals surface area contributed by atoms with Crippen molar-refractivity contribution in [3.8, 4) is 11.1 Å². The Kier molecular flexibility index (Phi) is 4.50. The normalized spacial score (nSPS) is 11.2. The molecular weight excluding hydrogens is 394 g/mol. The summed E-state index contributed by atoms with van der Waals surface area (Å²) >= 11 is 3.20. The zero-order valence-corrected chi connectivity index (χ0v) is 14.6. The van der Waals surface area contributed by atoms with E-state index < -0.39 is 15.6 Å². The number of nitrogens with one attached hydrogen (secondary N) is 2. The van der Waals surface area contributed by atoms with Crippen molar-refractivity contribution in [2.24, 2.45) is 0 Å². The number of benzene rings is 1. The van der Waals surface area contributed by atoms with Crippen LogP contribution in [-0.2, 0) is 10.0 Å². The molecule has 24 heavy (non-hydrogen) atoms. The van der Waals surface area contributed by atoms with Gasteiger partial charge in [0.15, 0.2) is 0 Å². The molecule has 0 unspecified atom stereocenters. The van der Waals surface area contributed by atoms with Crippen LogP contribution in [0.2, 0.25) is 0 Å². The Hall–Kier alpha value is -2.45. The summed E-state index contributed by atoms with van der Waals surface area (Å²) in [6.45, 7) is 0. The highest BCUT2D eigenvalue weighted by atomic mass is 79.9. The minimum Gasteiger partial charge on any atom is -0.327 e. The first-order valence-corrected chi connectivity index (χ1v) is 9.15. The number of aromatic amines is 1. The van der Waals surface area contributed by atoms with E-state index in [9.17, 15) is 13.2 Å². The number of hydrogen-bond acceptors (Lipinski definition) is 4. The lowest BCUT2D eigenvalue weighted by Crippen LogP contribution is -2.20. The van der Waals surface area contributed by atoms with Crippen LogP contribution in [-0.4, -0.2) is 18.4 Å². The Bertz CT molecular complexity index is 1030. The SMILES string of the molecule is O=c1[nH]cc(-c2ccncc2)cc1NS(=O)(=O)c1ccccc1Br. The summed E-state index contributed by atoms with van der Waals surface area (Å²) in [6.07, 6.45) is 4.75. The largest absolute Gasteiger partial charge is 0.327 e. The Labute approximate surface area is 146 Å². The second kappa shape index (κ2) is 6.58. The van der Waals surface area contributed by atoms with E-state index in [0.29, 0.717) is 10.0 Å². The van der Waals surface area contributed by atoms with E-state index in [4.69, 9.17) is 0 Å².